The highest BCUT2D eigenvalue weighted by Crippen LogP contribution is 2.53. The monoisotopic (exact) mass is 774 g/mol. The lowest BCUT2D eigenvalue weighted by Gasteiger charge is -2.46. The zero-order valence-electron chi connectivity index (χ0n) is 36.5. The molecule has 8 aromatic rings. The molecule has 4 heteroatoms. The van der Waals surface area contributed by atoms with Crippen LogP contribution in [0, 0.1) is 13.8 Å². The third-order valence-electron chi connectivity index (χ3n) is 14.5. The molecule has 58 heavy (non-hydrogen) atoms. The van der Waals surface area contributed by atoms with Gasteiger partial charge in [0.15, 0.2) is 0 Å². The van der Waals surface area contributed by atoms with Gasteiger partial charge in [-0.05, 0) is 141 Å². The molecule has 0 unspecified atom stereocenters. The van der Waals surface area contributed by atoms with Crippen molar-refractivity contribution in [3.63, 3.8) is 0 Å². The fraction of sp³-hybridized carbons (Fsp3) is 0.333. The molecular weight excluding hydrogens is 719 g/mol. The van der Waals surface area contributed by atoms with Crippen LogP contribution in [0.3, 0.4) is 0 Å². The predicted molar refractivity (Wildman–Crippen MR) is 255 cm³/mol. The highest BCUT2D eigenvalue weighted by atomic mass is 32.1. The zero-order valence-corrected chi connectivity index (χ0v) is 37.3. The van der Waals surface area contributed by atoms with Gasteiger partial charge in [-0.25, -0.2) is 0 Å². The minimum atomic E-state index is -0.0326. The van der Waals surface area contributed by atoms with Crippen molar-refractivity contribution in [2.45, 2.75) is 118 Å². The van der Waals surface area contributed by atoms with E-state index >= 15 is 0 Å². The average molecular weight is 775 g/mol. The fourth-order valence-corrected chi connectivity index (χ4v) is 12.3. The Morgan fingerprint density at radius 2 is 1.31 bits per heavy atom. The smallest absolute Gasteiger partial charge is 0.333 e. The van der Waals surface area contributed by atoms with Gasteiger partial charge in [0, 0.05) is 53.6 Å². The first-order valence-corrected chi connectivity index (χ1v) is 22.3. The summed E-state index contributed by atoms with van der Waals surface area (Å²) in [4.78, 5) is 2.80. The molecule has 4 heterocycles. The van der Waals surface area contributed by atoms with E-state index in [-0.39, 0.29) is 28.5 Å². The first-order chi connectivity index (χ1) is 27.3. The Balaban J connectivity index is 1.34. The standard InChI is InChI=1S/C54H55BN2S/c1-30-23-38-47-43(20-18-35-34-15-13-14-16-46(34)58-50(35)47)57(44-29-40-39(25-31(44)2)53(9,10)21-22-54(40,11)12)55-41-28-33(52(6,7)8)27-37-36-26-32(51(3,4)5)17-19-42(36)56(49(37)41)45(24-30)48(38)55/h13-20,23-29H,21-22H2,1-12H3. The molecule has 11 rings (SSSR count). The number of anilines is 2. The van der Waals surface area contributed by atoms with Crippen LogP contribution in [-0.2, 0) is 21.7 Å². The fourth-order valence-electron chi connectivity index (χ4n) is 11.0. The third-order valence-corrected chi connectivity index (χ3v) is 15.7. The number of aryl methyl sites for hydroxylation is 2. The van der Waals surface area contributed by atoms with Gasteiger partial charge in [-0.1, -0.05) is 118 Å². The summed E-state index contributed by atoms with van der Waals surface area (Å²) in [6.45, 7) is 28.7. The van der Waals surface area contributed by atoms with E-state index in [9.17, 15) is 0 Å². The molecule has 0 saturated carbocycles. The van der Waals surface area contributed by atoms with Gasteiger partial charge in [-0.2, -0.15) is 0 Å². The third kappa shape index (κ3) is 4.85. The highest BCUT2D eigenvalue weighted by Gasteiger charge is 2.47. The van der Waals surface area contributed by atoms with Gasteiger partial charge in [0.1, 0.15) is 0 Å². The maximum atomic E-state index is 2.80. The van der Waals surface area contributed by atoms with E-state index in [4.69, 9.17) is 0 Å². The van der Waals surface area contributed by atoms with Gasteiger partial charge in [0.05, 0.1) is 11.0 Å². The molecule has 3 aliphatic rings. The van der Waals surface area contributed by atoms with Crippen LogP contribution >= 0.6 is 11.3 Å². The van der Waals surface area contributed by atoms with E-state index < -0.39 is 0 Å². The molecule has 0 N–H and O–H groups in total. The van der Waals surface area contributed by atoms with Crippen molar-refractivity contribution in [2.24, 2.45) is 0 Å². The number of hydrogen-bond acceptors (Lipinski definition) is 2. The molecule has 0 radical (unpaired) electrons. The van der Waals surface area contributed by atoms with Crippen molar-refractivity contribution in [3.05, 3.63) is 124 Å². The summed E-state index contributed by atoms with van der Waals surface area (Å²) in [6, 6.07) is 36.5. The summed E-state index contributed by atoms with van der Waals surface area (Å²) in [5.41, 5.74) is 20.9. The molecule has 0 spiro atoms. The molecule has 0 saturated heterocycles. The maximum Gasteiger partial charge on any atom is 0.333 e. The molecule has 1 aliphatic carbocycles. The van der Waals surface area contributed by atoms with Gasteiger partial charge < -0.3 is 9.38 Å². The highest BCUT2D eigenvalue weighted by molar-refractivity contribution is 7.26. The van der Waals surface area contributed by atoms with Crippen LogP contribution in [-0.4, -0.2) is 11.4 Å². The van der Waals surface area contributed by atoms with Crippen molar-refractivity contribution >= 4 is 82.5 Å². The van der Waals surface area contributed by atoms with Crippen LogP contribution in [0.1, 0.15) is 115 Å². The van der Waals surface area contributed by atoms with Gasteiger partial charge in [0.25, 0.3) is 0 Å². The van der Waals surface area contributed by atoms with E-state index in [1.54, 1.807) is 0 Å². The minimum absolute atomic E-state index is 0.00918. The van der Waals surface area contributed by atoms with Gasteiger partial charge >= 0.3 is 6.85 Å². The summed E-state index contributed by atoms with van der Waals surface area (Å²) in [5.74, 6) is 0. The summed E-state index contributed by atoms with van der Waals surface area (Å²) in [6.07, 6.45) is 2.40. The lowest BCUT2D eigenvalue weighted by Crippen LogP contribution is -2.61. The quantitative estimate of drug-likeness (QED) is 0.151. The molecule has 0 bridgehead atoms. The molecule has 2 aliphatic heterocycles. The second-order valence-electron chi connectivity index (χ2n) is 21.4. The Morgan fingerprint density at radius 1 is 0.621 bits per heavy atom. The molecular formula is C54H55BN2S. The van der Waals surface area contributed by atoms with Gasteiger partial charge in [-0.3, -0.25) is 0 Å². The van der Waals surface area contributed by atoms with Crippen LogP contribution in [0.15, 0.2) is 91.0 Å². The van der Waals surface area contributed by atoms with E-state index in [1.807, 2.05) is 11.3 Å². The van der Waals surface area contributed by atoms with Crippen molar-refractivity contribution in [3.8, 4) is 16.8 Å². The summed E-state index contributed by atoms with van der Waals surface area (Å²) >= 11 is 1.96. The van der Waals surface area contributed by atoms with Gasteiger partial charge in [-0.15, -0.1) is 11.3 Å². The number of rotatable bonds is 1. The van der Waals surface area contributed by atoms with Crippen LogP contribution in [0.2, 0.25) is 0 Å². The first kappa shape index (κ1) is 36.3. The Labute approximate surface area is 349 Å². The van der Waals surface area contributed by atoms with E-state index in [1.165, 1.54) is 127 Å². The number of nitrogens with zero attached hydrogens (tertiary/aromatic N) is 2. The maximum absolute atomic E-state index is 2.80. The predicted octanol–water partition coefficient (Wildman–Crippen LogP) is 14.0. The molecule has 2 aromatic heterocycles. The van der Waals surface area contributed by atoms with Crippen LogP contribution < -0.4 is 15.7 Å². The Bertz CT molecular complexity index is 3120. The average Bonchev–Trinajstić information content (AvgIpc) is 3.70. The summed E-state index contributed by atoms with van der Waals surface area (Å²) in [5, 5.41) is 5.43. The van der Waals surface area contributed by atoms with Crippen LogP contribution in [0.25, 0.3) is 58.8 Å². The number of benzene rings is 6. The van der Waals surface area contributed by atoms with Crippen molar-refractivity contribution in [1.82, 2.24) is 4.57 Å². The van der Waals surface area contributed by atoms with Gasteiger partial charge in [0.2, 0.25) is 0 Å². The van der Waals surface area contributed by atoms with E-state index in [0.29, 0.717) is 0 Å². The second kappa shape index (κ2) is 11.5. The van der Waals surface area contributed by atoms with Crippen molar-refractivity contribution < 1.29 is 0 Å². The Morgan fingerprint density at radius 3 is 2.03 bits per heavy atom. The molecule has 2 nitrogen and oxygen atoms in total. The largest absolute Gasteiger partial charge is 0.376 e. The van der Waals surface area contributed by atoms with Crippen LogP contribution in [0.5, 0.6) is 0 Å². The van der Waals surface area contributed by atoms with E-state index in [2.05, 4.69) is 183 Å². The zero-order chi connectivity index (χ0) is 40.6. The topological polar surface area (TPSA) is 8.17 Å². The minimum Gasteiger partial charge on any atom is -0.376 e. The first-order valence-electron chi connectivity index (χ1n) is 21.5. The van der Waals surface area contributed by atoms with Crippen LogP contribution in [0.4, 0.5) is 11.4 Å². The molecule has 0 fully saturated rings. The van der Waals surface area contributed by atoms with E-state index in [0.717, 1.165) is 0 Å². The second-order valence-corrected chi connectivity index (χ2v) is 22.5. The molecule has 0 amide bonds. The summed E-state index contributed by atoms with van der Waals surface area (Å²) in [7, 11) is 0. The number of hydrogen-bond donors (Lipinski definition) is 0. The lowest BCUT2D eigenvalue weighted by atomic mass is 9.43. The molecule has 6 aromatic carbocycles. The van der Waals surface area contributed by atoms with Crippen molar-refractivity contribution in [2.75, 3.05) is 4.81 Å². The lowest BCUT2D eigenvalue weighted by molar-refractivity contribution is 0.332. The molecule has 290 valence electrons. The number of aromatic nitrogens is 1. The summed E-state index contributed by atoms with van der Waals surface area (Å²) < 4.78 is 5.39. The Hall–Kier alpha value is -4.80. The SMILES string of the molecule is Cc1cc2c3c(c1)-n1c4ccc(C(C)(C)C)cc4c4cc(C(C)(C)C)cc(c41)B3N(c1cc3c(cc1C)C(C)(C)CCC3(C)C)c1ccc3c(sc4ccccc43)c1-2. The Kier molecular flexibility index (Phi) is 7.18. The van der Waals surface area contributed by atoms with Crippen molar-refractivity contribution in [1.29, 1.82) is 0 Å². The number of thiophene rings is 1. The number of fused-ring (bicyclic) bond motifs is 12. The normalized spacial score (nSPS) is 16.7. The molecule has 0 atom stereocenters.